The zero-order chi connectivity index (χ0) is 21.5. The van der Waals surface area contributed by atoms with Crippen LogP contribution >= 0.6 is 0 Å². The van der Waals surface area contributed by atoms with Crippen molar-refractivity contribution in [3.8, 4) is 11.5 Å². The summed E-state index contributed by atoms with van der Waals surface area (Å²) in [6, 6.07) is 21.8. The smallest absolute Gasteiger partial charge is 0.261 e. The molecular formula is C26H31NO3. The normalized spacial score (nSPS) is 13.1. The van der Waals surface area contributed by atoms with Gasteiger partial charge in [0.15, 0.2) is 6.10 Å². The highest BCUT2D eigenvalue weighted by molar-refractivity contribution is 5.89. The largest absolute Gasteiger partial charge is 0.497 e. The van der Waals surface area contributed by atoms with Crippen LogP contribution in [0.1, 0.15) is 45.2 Å². The third-order valence-corrected chi connectivity index (χ3v) is 5.22. The van der Waals surface area contributed by atoms with Crippen molar-refractivity contribution in [3.05, 3.63) is 72.3 Å². The van der Waals surface area contributed by atoms with Crippen LogP contribution in [0, 0.1) is 5.92 Å². The number of rotatable bonds is 9. The van der Waals surface area contributed by atoms with Gasteiger partial charge in [-0.05, 0) is 47.9 Å². The monoisotopic (exact) mass is 405 g/mol. The van der Waals surface area contributed by atoms with Crippen molar-refractivity contribution in [2.75, 3.05) is 7.11 Å². The van der Waals surface area contributed by atoms with Gasteiger partial charge in [-0.25, -0.2) is 0 Å². The fourth-order valence-corrected chi connectivity index (χ4v) is 3.62. The molecule has 1 N–H and O–H groups in total. The third-order valence-electron chi connectivity index (χ3n) is 5.22. The maximum absolute atomic E-state index is 13.1. The molecule has 0 unspecified atom stereocenters. The number of nitrogens with one attached hydrogen (secondary N) is 1. The van der Waals surface area contributed by atoms with Gasteiger partial charge in [-0.15, -0.1) is 0 Å². The van der Waals surface area contributed by atoms with E-state index < -0.39 is 6.10 Å². The van der Waals surface area contributed by atoms with Crippen LogP contribution < -0.4 is 14.8 Å². The van der Waals surface area contributed by atoms with E-state index in [-0.39, 0.29) is 11.9 Å². The molecule has 0 saturated heterocycles. The first kappa shape index (κ1) is 21.7. The van der Waals surface area contributed by atoms with E-state index in [9.17, 15) is 4.79 Å². The minimum atomic E-state index is -0.552. The fourth-order valence-electron chi connectivity index (χ4n) is 3.62. The Morgan fingerprint density at radius 1 is 0.967 bits per heavy atom. The van der Waals surface area contributed by atoms with Crippen molar-refractivity contribution in [1.29, 1.82) is 0 Å². The number of fused-ring (bicyclic) bond motifs is 1. The fraction of sp³-hybridized carbons (Fsp3) is 0.346. The second kappa shape index (κ2) is 10.1. The zero-order valence-corrected chi connectivity index (χ0v) is 18.2. The first-order valence-electron chi connectivity index (χ1n) is 10.6. The van der Waals surface area contributed by atoms with Gasteiger partial charge in [0.25, 0.3) is 5.91 Å². The summed E-state index contributed by atoms with van der Waals surface area (Å²) in [5.41, 5.74) is 1.07. The molecule has 0 aromatic heterocycles. The summed E-state index contributed by atoms with van der Waals surface area (Å²) in [6.45, 7) is 6.29. The summed E-state index contributed by atoms with van der Waals surface area (Å²) in [5, 5.41) is 5.33. The van der Waals surface area contributed by atoms with Crippen LogP contribution in [0.15, 0.2) is 66.7 Å². The summed E-state index contributed by atoms with van der Waals surface area (Å²) in [4.78, 5) is 13.1. The zero-order valence-electron chi connectivity index (χ0n) is 18.2. The van der Waals surface area contributed by atoms with Crippen LogP contribution in [0.4, 0.5) is 0 Å². The lowest BCUT2D eigenvalue weighted by Crippen LogP contribution is -2.40. The molecule has 0 heterocycles. The van der Waals surface area contributed by atoms with E-state index in [2.05, 4.69) is 19.2 Å². The molecule has 0 aliphatic carbocycles. The lowest BCUT2D eigenvalue weighted by atomic mass is 9.96. The van der Waals surface area contributed by atoms with E-state index in [1.807, 2.05) is 73.7 Å². The Morgan fingerprint density at radius 2 is 1.67 bits per heavy atom. The van der Waals surface area contributed by atoms with Gasteiger partial charge in [-0.2, -0.15) is 0 Å². The van der Waals surface area contributed by atoms with Gasteiger partial charge >= 0.3 is 0 Å². The van der Waals surface area contributed by atoms with Crippen LogP contribution in [-0.2, 0) is 4.79 Å². The molecule has 0 fully saturated rings. The third kappa shape index (κ3) is 5.32. The Morgan fingerprint density at radius 3 is 2.33 bits per heavy atom. The molecule has 0 bridgehead atoms. The second-order valence-corrected chi connectivity index (χ2v) is 7.96. The summed E-state index contributed by atoms with van der Waals surface area (Å²) >= 11 is 0. The maximum Gasteiger partial charge on any atom is 0.261 e. The van der Waals surface area contributed by atoms with Crippen LogP contribution in [0.25, 0.3) is 10.8 Å². The van der Waals surface area contributed by atoms with E-state index in [1.165, 1.54) is 0 Å². The lowest BCUT2D eigenvalue weighted by Gasteiger charge is -2.25. The van der Waals surface area contributed by atoms with Crippen LogP contribution in [0.5, 0.6) is 11.5 Å². The first-order valence-corrected chi connectivity index (χ1v) is 10.6. The molecule has 0 radical (unpaired) electrons. The molecule has 4 nitrogen and oxygen atoms in total. The van der Waals surface area contributed by atoms with E-state index in [0.29, 0.717) is 12.3 Å². The number of ether oxygens (including phenoxy) is 2. The highest BCUT2D eigenvalue weighted by Crippen LogP contribution is 2.28. The van der Waals surface area contributed by atoms with Gasteiger partial charge in [-0.1, -0.05) is 69.3 Å². The lowest BCUT2D eigenvalue weighted by molar-refractivity contribution is -0.129. The number of hydrogen-bond donors (Lipinski definition) is 1. The summed E-state index contributed by atoms with van der Waals surface area (Å²) in [7, 11) is 1.65. The Labute approximate surface area is 179 Å². The molecule has 0 aliphatic rings. The summed E-state index contributed by atoms with van der Waals surface area (Å²) in [5.74, 6) is 1.89. The molecule has 158 valence electrons. The van der Waals surface area contributed by atoms with E-state index in [1.54, 1.807) is 7.11 Å². The highest BCUT2D eigenvalue weighted by Gasteiger charge is 2.24. The minimum Gasteiger partial charge on any atom is -0.497 e. The Kier molecular flexibility index (Phi) is 7.34. The average molecular weight is 406 g/mol. The van der Waals surface area contributed by atoms with E-state index >= 15 is 0 Å². The van der Waals surface area contributed by atoms with Crippen LogP contribution in [-0.4, -0.2) is 19.1 Å². The number of benzene rings is 3. The van der Waals surface area contributed by atoms with E-state index in [4.69, 9.17) is 9.47 Å². The van der Waals surface area contributed by atoms with Gasteiger partial charge in [0.05, 0.1) is 13.2 Å². The molecular weight excluding hydrogens is 374 g/mol. The van der Waals surface area contributed by atoms with Crippen molar-refractivity contribution in [2.45, 2.75) is 45.8 Å². The van der Waals surface area contributed by atoms with Crippen LogP contribution in [0.2, 0.25) is 0 Å². The topological polar surface area (TPSA) is 47.6 Å². The molecule has 2 atom stereocenters. The standard InChI is InChI=1S/C26H31NO3/c1-5-24(30-25-12-8-10-19-9-6-7-11-22(19)25)26(28)27-23(17-18(2)3)20-13-15-21(29-4)16-14-20/h6-16,18,23-24H,5,17H2,1-4H3,(H,27,28)/t23-,24-/m1/s1. The van der Waals surface area contributed by atoms with Gasteiger partial charge in [0.1, 0.15) is 11.5 Å². The van der Waals surface area contributed by atoms with E-state index in [0.717, 1.165) is 34.3 Å². The summed E-state index contributed by atoms with van der Waals surface area (Å²) < 4.78 is 11.4. The Hall–Kier alpha value is -3.01. The SMILES string of the molecule is CC[C@@H](Oc1cccc2ccccc12)C(=O)N[C@H](CC(C)C)c1ccc(OC)cc1. The number of hydrogen-bond acceptors (Lipinski definition) is 3. The molecule has 30 heavy (non-hydrogen) atoms. The molecule has 3 aromatic rings. The molecule has 3 aromatic carbocycles. The second-order valence-electron chi connectivity index (χ2n) is 7.96. The van der Waals surface area contributed by atoms with Crippen LogP contribution in [0.3, 0.4) is 0 Å². The molecule has 0 spiro atoms. The highest BCUT2D eigenvalue weighted by atomic mass is 16.5. The predicted molar refractivity (Wildman–Crippen MR) is 122 cm³/mol. The minimum absolute atomic E-state index is 0.0754. The van der Waals surface area contributed by atoms with Crippen molar-refractivity contribution in [3.63, 3.8) is 0 Å². The number of carbonyl (C=O) groups is 1. The molecule has 4 heteroatoms. The quantitative estimate of drug-likeness (QED) is 0.481. The predicted octanol–water partition coefficient (Wildman–Crippen LogP) is 5.91. The first-order chi connectivity index (χ1) is 14.5. The molecule has 0 saturated carbocycles. The van der Waals surface area contributed by atoms with Crippen molar-refractivity contribution < 1.29 is 14.3 Å². The average Bonchev–Trinajstić information content (AvgIpc) is 2.76. The Bertz CT molecular complexity index is 960. The van der Waals surface area contributed by atoms with Crippen molar-refractivity contribution in [1.82, 2.24) is 5.32 Å². The van der Waals surface area contributed by atoms with Gasteiger partial charge in [0.2, 0.25) is 0 Å². The van der Waals surface area contributed by atoms with Gasteiger partial charge in [0, 0.05) is 5.39 Å². The number of amides is 1. The summed E-state index contributed by atoms with van der Waals surface area (Å²) in [6.07, 6.45) is 0.887. The number of carbonyl (C=O) groups excluding carboxylic acids is 1. The Balaban J connectivity index is 1.78. The molecule has 1 amide bonds. The maximum atomic E-state index is 13.1. The molecule has 0 aliphatic heterocycles. The van der Waals surface area contributed by atoms with Crippen molar-refractivity contribution in [2.24, 2.45) is 5.92 Å². The van der Waals surface area contributed by atoms with Gasteiger partial charge in [-0.3, -0.25) is 4.79 Å². The van der Waals surface area contributed by atoms with Gasteiger partial charge < -0.3 is 14.8 Å². The number of methoxy groups -OCH3 is 1. The molecule has 3 rings (SSSR count). The van der Waals surface area contributed by atoms with Crippen molar-refractivity contribution >= 4 is 16.7 Å².